The van der Waals surface area contributed by atoms with Crippen LogP contribution in [0.5, 0.6) is 5.75 Å². The molecule has 86 valence electrons. The van der Waals surface area contributed by atoms with Crippen LogP contribution in [-0.2, 0) is 0 Å². The lowest BCUT2D eigenvalue weighted by Gasteiger charge is -2.05. The van der Waals surface area contributed by atoms with Gasteiger partial charge in [-0.15, -0.1) is 0 Å². The maximum atomic E-state index is 12.2. The maximum absolute atomic E-state index is 12.2. The van der Waals surface area contributed by atoms with Crippen molar-refractivity contribution >= 4 is 11.5 Å². The molecule has 0 spiro atoms. The Morgan fingerprint density at radius 1 is 1.50 bits per heavy atom. The Labute approximate surface area is 88.8 Å². The van der Waals surface area contributed by atoms with Gasteiger partial charge < -0.3 is 4.74 Å². The van der Waals surface area contributed by atoms with Gasteiger partial charge in [-0.1, -0.05) is 6.07 Å². The topological polar surface area (TPSA) is 69.4 Å². The normalized spacial score (nSPS) is 10.2. The first-order valence-corrected chi connectivity index (χ1v) is 4.12. The fourth-order valence-electron chi connectivity index (χ4n) is 1.19. The Kier molecular flexibility index (Phi) is 3.49. The van der Waals surface area contributed by atoms with Gasteiger partial charge >= 0.3 is 12.1 Å². The Balaban J connectivity index is 3.39. The number of nitrogens with zero attached hydrogens (tertiary/aromatic N) is 1. The van der Waals surface area contributed by atoms with Crippen molar-refractivity contribution in [1.82, 2.24) is 0 Å². The first-order chi connectivity index (χ1) is 7.49. The van der Waals surface area contributed by atoms with Gasteiger partial charge in [-0.25, -0.2) is 8.78 Å². The first kappa shape index (κ1) is 12.0. The zero-order valence-corrected chi connectivity index (χ0v) is 8.15. The van der Waals surface area contributed by atoms with E-state index in [2.05, 4.69) is 4.74 Å². The Morgan fingerprint density at radius 3 is 2.56 bits per heavy atom. The lowest BCUT2D eigenvalue weighted by atomic mass is 10.1. The van der Waals surface area contributed by atoms with Gasteiger partial charge in [0.25, 0.3) is 0 Å². The Hall–Kier alpha value is -2.05. The van der Waals surface area contributed by atoms with E-state index in [0.717, 1.165) is 13.2 Å². The molecule has 0 radical (unpaired) electrons. The molecule has 5 nitrogen and oxygen atoms in total. The molecule has 0 saturated heterocycles. The highest BCUT2D eigenvalue weighted by Gasteiger charge is 2.29. The van der Waals surface area contributed by atoms with Crippen molar-refractivity contribution in [2.75, 3.05) is 7.11 Å². The third kappa shape index (κ3) is 2.13. The largest absolute Gasteiger partial charge is 0.490 e. The number of carbonyl (C=O) groups excluding carboxylic acids is 1. The van der Waals surface area contributed by atoms with Crippen LogP contribution in [0.15, 0.2) is 18.2 Å². The smallest absolute Gasteiger partial charge is 0.321 e. The molecule has 0 bridgehead atoms. The summed E-state index contributed by atoms with van der Waals surface area (Å²) in [6.45, 7) is 0. The molecule has 1 aromatic carbocycles. The van der Waals surface area contributed by atoms with Crippen molar-refractivity contribution in [2.24, 2.45) is 0 Å². The summed E-state index contributed by atoms with van der Waals surface area (Å²) in [5.74, 6) is -1.82. The number of hydrogen-bond acceptors (Lipinski definition) is 4. The van der Waals surface area contributed by atoms with Crippen molar-refractivity contribution < 1.29 is 23.2 Å². The van der Waals surface area contributed by atoms with Crippen LogP contribution in [0.25, 0.3) is 0 Å². The van der Waals surface area contributed by atoms with E-state index in [1.165, 1.54) is 12.1 Å². The molecular formula is C9H7F2NO4. The lowest BCUT2D eigenvalue weighted by Crippen LogP contribution is -2.13. The van der Waals surface area contributed by atoms with E-state index in [9.17, 15) is 23.7 Å². The molecule has 0 N–H and O–H groups in total. The zero-order chi connectivity index (χ0) is 12.3. The van der Waals surface area contributed by atoms with E-state index >= 15 is 0 Å². The van der Waals surface area contributed by atoms with Crippen molar-refractivity contribution in [3.05, 3.63) is 33.9 Å². The van der Waals surface area contributed by atoms with Gasteiger partial charge in [0.05, 0.1) is 12.0 Å². The third-order valence-corrected chi connectivity index (χ3v) is 1.87. The average Bonchev–Trinajstić information content (AvgIpc) is 2.26. The molecule has 0 unspecified atom stereocenters. The number of para-hydroxylation sites is 1. The molecule has 0 heterocycles. The van der Waals surface area contributed by atoms with Gasteiger partial charge in [-0.3, -0.25) is 14.9 Å². The molecule has 0 atom stereocenters. The minimum Gasteiger partial charge on any atom is -0.490 e. The van der Waals surface area contributed by atoms with Gasteiger partial charge in [0.1, 0.15) is 5.56 Å². The van der Waals surface area contributed by atoms with Gasteiger partial charge in [0.15, 0.2) is 5.75 Å². The number of ether oxygens (including phenoxy) is 1. The molecule has 0 fully saturated rings. The maximum Gasteiger partial charge on any atom is 0.321 e. The quantitative estimate of drug-likeness (QED) is 0.451. The predicted octanol–water partition coefficient (Wildman–Crippen LogP) is 2.05. The second-order valence-corrected chi connectivity index (χ2v) is 2.78. The number of halogens is 2. The molecule has 1 aromatic rings. The average molecular weight is 231 g/mol. The second-order valence-electron chi connectivity index (χ2n) is 2.78. The van der Waals surface area contributed by atoms with Crippen molar-refractivity contribution in [2.45, 2.75) is 6.43 Å². The van der Waals surface area contributed by atoms with Crippen molar-refractivity contribution in [1.29, 1.82) is 0 Å². The molecule has 7 heteroatoms. The zero-order valence-electron chi connectivity index (χ0n) is 8.15. The van der Waals surface area contributed by atoms with Gasteiger partial charge in [-0.05, 0) is 12.1 Å². The number of nitro benzene ring substituents is 1. The number of ketones is 1. The van der Waals surface area contributed by atoms with E-state index in [-0.39, 0.29) is 5.75 Å². The van der Waals surface area contributed by atoms with Crippen LogP contribution in [0.2, 0.25) is 0 Å². The van der Waals surface area contributed by atoms with E-state index < -0.39 is 28.4 Å². The summed E-state index contributed by atoms with van der Waals surface area (Å²) in [6, 6.07) is 3.43. The van der Waals surface area contributed by atoms with Crippen LogP contribution < -0.4 is 4.74 Å². The summed E-state index contributed by atoms with van der Waals surface area (Å²) < 4.78 is 29.0. The highest BCUT2D eigenvalue weighted by atomic mass is 19.3. The summed E-state index contributed by atoms with van der Waals surface area (Å²) in [4.78, 5) is 20.8. The number of alkyl halides is 2. The lowest BCUT2D eigenvalue weighted by molar-refractivity contribution is -0.386. The molecule has 16 heavy (non-hydrogen) atoms. The first-order valence-electron chi connectivity index (χ1n) is 4.12. The predicted molar refractivity (Wildman–Crippen MR) is 50.0 cm³/mol. The minimum atomic E-state index is -3.29. The summed E-state index contributed by atoms with van der Waals surface area (Å²) in [5.41, 5.74) is -1.39. The molecule has 0 aromatic heterocycles. The van der Waals surface area contributed by atoms with Crippen LogP contribution in [0.4, 0.5) is 14.5 Å². The molecular weight excluding hydrogens is 224 g/mol. The molecule has 0 aliphatic heterocycles. The van der Waals surface area contributed by atoms with Crippen LogP contribution in [0.3, 0.4) is 0 Å². The summed E-state index contributed by atoms with van der Waals surface area (Å²) in [7, 11) is 1.15. The molecule has 0 aliphatic carbocycles. The number of rotatable bonds is 4. The van der Waals surface area contributed by atoms with Crippen LogP contribution in [-0.4, -0.2) is 24.2 Å². The number of nitro groups is 1. The van der Waals surface area contributed by atoms with E-state index in [0.29, 0.717) is 0 Å². The molecule has 1 rings (SSSR count). The fourth-order valence-corrected chi connectivity index (χ4v) is 1.19. The summed E-state index contributed by atoms with van der Waals surface area (Å²) in [6.07, 6.45) is -3.29. The SMILES string of the molecule is COc1cccc(C(=O)C(F)F)c1[N+](=O)[O-]. The molecule has 0 aliphatic rings. The number of carbonyl (C=O) groups is 1. The summed E-state index contributed by atoms with van der Waals surface area (Å²) >= 11 is 0. The number of benzene rings is 1. The number of methoxy groups -OCH3 is 1. The Bertz CT molecular complexity index is 434. The van der Waals surface area contributed by atoms with Crippen LogP contribution in [0.1, 0.15) is 10.4 Å². The van der Waals surface area contributed by atoms with Crippen molar-refractivity contribution in [3.8, 4) is 5.75 Å². The van der Waals surface area contributed by atoms with Gasteiger partial charge in [-0.2, -0.15) is 0 Å². The highest BCUT2D eigenvalue weighted by Crippen LogP contribution is 2.31. The fraction of sp³-hybridized carbons (Fsp3) is 0.222. The minimum absolute atomic E-state index is 0.225. The van der Waals surface area contributed by atoms with Crippen LogP contribution in [0, 0.1) is 10.1 Å². The number of hydrogen-bond donors (Lipinski definition) is 0. The second kappa shape index (κ2) is 4.65. The van der Waals surface area contributed by atoms with E-state index in [4.69, 9.17) is 0 Å². The Morgan fingerprint density at radius 2 is 2.12 bits per heavy atom. The van der Waals surface area contributed by atoms with E-state index in [1.54, 1.807) is 0 Å². The third-order valence-electron chi connectivity index (χ3n) is 1.87. The van der Waals surface area contributed by atoms with Crippen LogP contribution >= 0.6 is 0 Å². The molecule has 0 amide bonds. The summed E-state index contributed by atoms with van der Waals surface area (Å²) in [5, 5.41) is 10.7. The highest BCUT2D eigenvalue weighted by molar-refractivity contribution is 6.02. The van der Waals surface area contributed by atoms with Gasteiger partial charge in [0, 0.05) is 0 Å². The molecule has 0 saturated carbocycles. The standard InChI is InChI=1S/C9H7F2NO4/c1-16-6-4-2-3-5(7(6)12(14)15)8(13)9(10)11/h2-4,9H,1H3. The monoisotopic (exact) mass is 231 g/mol. The number of Topliss-reactive ketones (excluding diaryl/α,β-unsaturated/α-hetero) is 1. The van der Waals surface area contributed by atoms with Crippen molar-refractivity contribution in [3.63, 3.8) is 0 Å². The van der Waals surface area contributed by atoms with E-state index in [1.807, 2.05) is 0 Å². The van der Waals surface area contributed by atoms with Gasteiger partial charge in [0.2, 0.25) is 5.78 Å².